The summed E-state index contributed by atoms with van der Waals surface area (Å²) in [4.78, 5) is 52.7. The lowest BCUT2D eigenvalue weighted by molar-refractivity contribution is -0.132. The third-order valence-corrected chi connectivity index (χ3v) is 9.66. The first-order valence-corrected chi connectivity index (χ1v) is 17.6. The number of hydrogen-bond acceptors (Lipinski definition) is 7. The van der Waals surface area contributed by atoms with Gasteiger partial charge in [-0.25, -0.2) is 14.5 Å². The normalized spacial score (nSPS) is 25.1. The van der Waals surface area contributed by atoms with Crippen molar-refractivity contribution in [3.05, 3.63) is 48.0 Å². The van der Waals surface area contributed by atoms with Gasteiger partial charge in [0.15, 0.2) is 5.54 Å². The molecule has 11 nitrogen and oxygen atoms in total. The molecule has 2 aromatic rings. The van der Waals surface area contributed by atoms with E-state index in [0.717, 1.165) is 35.7 Å². The van der Waals surface area contributed by atoms with Gasteiger partial charge in [-0.1, -0.05) is 56.3 Å². The Morgan fingerprint density at radius 3 is 2.45 bits per heavy atom. The molecular formula is C38H54N6O5. The van der Waals surface area contributed by atoms with Crippen molar-refractivity contribution < 1.29 is 23.9 Å². The summed E-state index contributed by atoms with van der Waals surface area (Å²) in [5.74, 6) is 0.843. The zero-order valence-corrected chi connectivity index (χ0v) is 30.4. The molecule has 0 aromatic heterocycles. The third kappa shape index (κ3) is 8.09. The van der Waals surface area contributed by atoms with Crippen LogP contribution in [0.5, 0.6) is 0 Å². The molecular weight excluding hydrogens is 620 g/mol. The zero-order chi connectivity index (χ0) is 35.7. The maximum Gasteiger partial charge on any atom is 0.437 e. The Hall–Kier alpha value is -3.99. The summed E-state index contributed by atoms with van der Waals surface area (Å²) in [7, 11) is 0. The van der Waals surface area contributed by atoms with Gasteiger partial charge in [-0.2, -0.15) is 0 Å². The Bertz CT molecular complexity index is 1600. The van der Waals surface area contributed by atoms with Gasteiger partial charge in [-0.3, -0.25) is 14.7 Å². The summed E-state index contributed by atoms with van der Waals surface area (Å²) >= 11 is 0. The lowest BCUT2D eigenvalue weighted by atomic mass is 9.59. The van der Waals surface area contributed by atoms with E-state index in [9.17, 15) is 14.4 Å². The first-order valence-electron chi connectivity index (χ1n) is 17.6. The fraction of sp³-hybridized carbons (Fsp3) is 0.605. The van der Waals surface area contributed by atoms with Crippen LogP contribution in [0.25, 0.3) is 10.8 Å². The molecule has 3 N–H and O–H groups in total. The monoisotopic (exact) mass is 674 g/mol. The lowest BCUT2D eigenvalue weighted by Gasteiger charge is -2.51. The standard InChI is InChI=1S/C38H54N6O5/c1-24(2)19-30-27-20-28-23-43(17-12-18-44(35(47)49-37(6,7)8)33(39)42-34(46)48-36(3,4)5)31(30)38(28,41-22-27)32(45)40-21-26-15-11-14-25-13-9-10-16-29(25)26/h9-11,13-16,22,24,27-28,30-31H,12,17-21,23H2,1-8H3,(H,40,45)(H2,39,42,46)/t27-,28-,30+,31-,38-/m0/s1. The predicted molar refractivity (Wildman–Crippen MR) is 192 cm³/mol. The van der Waals surface area contributed by atoms with E-state index >= 15 is 0 Å². The van der Waals surface area contributed by atoms with Crippen molar-refractivity contribution in [3.63, 3.8) is 0 Å². The molecule has 2 fully saturated rings. The fourth-order valence-electron chi connectivity index (χ4n) is 7.92. The van der Waals surface area contributed by atoms with Crippen LogP contribution >= 0.6 is 0 Å². The number of likely N-dealkylation sites (tertiary alicyclic amines) is 1. The Kier molecular flexibility index (Phi) is 10.4. The molecule has 1 aliphatic carbocycles. The SMILES string of the molecule is CC(C)C[C@@H]1[C@@H]2C=N[C@@]3(C(=O)NCc4cccc5ccccc45)[C@@H](C2)CN(CCCN(C(=O)OC(C)(C)C)C(N)=NC(=O)OC(C)(C)C)[C@@H]13. The second-order valence-electron chi connectivity index (χ2n) is 16.2. The molecule has 3 aliphatic heterocycles. The molecule has 1 saturated heterocycles. The number of guanidine groups is 1. The number of rotatable bonds is 9. The van der Waals surface area contributed by atoms with E-state index in [0.29, 0.717) is 31.3 Å². The van der Waals surface area contributed by atoms with Gasteiger partial charge in [0.25, 0.3) is 0 Å². The number of nitrogens with zero attached hydrogens (tertiary/aromatic N) is 4. The molecule has 3 heterocycles. The molecule has 5 atom stereocenters. The maximum atomic E-state index is 14.4. The van der Waals surface area contributed by atoms with Crippen molar-refractivity contribution in [2.45, 2.75) is 104 Å². The fourth-order valence-corrected chi connectivity index (χ4v) is 7.92. The number of nitrogens with one attached hydrogen (secondary N) is 1. The van der Waals surface area contributed by atoms with E-state index in [4.69, 9.17) is 20.2 Å². The molecule has 4 bridgehead atoms. The number of ether oxygens (including phenoxy) is 2. The van der Waals surface area contributed by atoms with Crippen LogP contribution in [0.1, 0.15) is 80.2 Å². The molecule has 3 amide bonds. The quantitative estimate of drug-likeness (QED) is 0.241. The Morgan fingerprint density at radius 1 is 1.06 bits per heavy atom. The number of fused-ring (bicyclic) bond motifs is 1. The highest BCUT2D eigenvalue weighted by Crippen LogP contribution is 2.55. The summed E-state index contributed by atoms with van der Waals surface area (Å²) in [5.41, 5.74) is 4.89. The van der Waals surface area contributed by atoms with Gasteiger partial charge in [0.1, 0.15) is 11.2 Å². The van der Waals surface area contributed by atoms with E-state index in [1.807, 2.05) is 18.2 Å². The molecule has 0 spiro atoms. The maximum absolute atomic E-state index is 14.4. The van der Waals surface area contributed by atoms with E-state index < -0.39 is 28.9 Å². The van der Waals surface area contributed by atoms with Crippen LogP contribution in [-0.4, -0.2) is 82.5 Å². The van der Waals surface area contributed by atoms with Crippen LogP contribution in [0, 0.1) is 23.7 Å². The first-order chi connectivity index (χ1) is 23.0. The van der Waals surface area contributed by atoms with E-state index in [2.05, 4.69) is 59.5 Å². The highest BCUT2D eigenvalue weighted by Gasteiger charge is 2.67. The molecule has 0 unspecified atom stereocenters. The first kappa shape index (κ1) is 36.3. The van der Waals surface area contributed by atoms with Crippen molar-refractivity contribution in [2.24, 2.45) is 39.4 Å². The van der Waals surface area contributed by atoms with Crippen LogP contribution in [0.2, 0.25) is 0 Å². The highest BCUT2D eigenvalue weighted by molar-refractivity contribution is 5.98. The number of hydrogen-bond donors (Lipinski definition) is 2. The van der Waals surface area contributed by atoms with Crippen LogP contribution < -0.4 is 11.1 Å². The predicted octanol–water partition coefficient (Wildman–Crippen LogP) is 6.14. The van der Waals surface area contributed by atoms with Crippen molar-refractivity contribution >= 4 is 41.0 Å². The molecule has 2 aromatic carbocycles. The lowest BCUT2D eigenvalue weighted by Crippen LogP contribution is -2.65. The number of amides is 3. The molecule has 11 heteroatoms. The van der Waals surface area contributed by atoms with Crippen molar-refractivity contribution in [3.8, 4) is 0 Å². The molecule has 49 heavy (non-hydrogen) atoms. The van der Waals surface area contributed by atoms with E-state index in [1.165, 1.54) is 4.90 Å². The average Bonchev–Trinajstić information content (AvgIpc) is 3.26. The molecule has 266 valence electrons. The van der Waals surface area contributed by atoms with Gasteiger partial charge in [-0.15, -0.1) is 4.99 Å². The molecule has 6 rings (SSSR count). The number of benzene rings is 2. The Morgan fingerprint density at radius 2 is 1.76 bits per heavy atom. The van der Waals surface area contributed by atoms with Gasteiger partial charge in [0.2, 0.25) is 11.9 Å². The van der Waals surface area contributed by atoms with Gasteiger partial charge in [0.05, 0.1) is 0 Å². The summed E-state index contributed by atoms with van der Waals surface area (Å²) in [6.07, 6.45) is 2.91. The largest absolute Gasteiger partial charge is 0.443 e. The summed E-state index contributed by atoms with van der Waals surface area (Å²) in [6, 6.07) is 14.3. The van der Waals surface area contributed by atoms with Crippen molar-refractivity contribution in [1.82, 2.24) is 15.1 Å². The smallest absolute Gasteiger partial charge is 0.437 e. The minimum Gasteiger partial charge on any atom is -0.443 e. The Labute approximate surface area is 290 Å². The third-order valence-electron chi connectivity index (χ3n) is 9.66. The number of nitrogens with two attached hydrogens (primary N) is 1. The van der Waals surface area contributed by atoms with Gasteiger partial charge >= 0.3 is 12.2 Å². The van der Waals surface area contributed by atoms with Crippen molar-refractivity contribution in [2.75, 3.05) is 19.6 Å². The van der Waals surface area contributed by atoms with Gasteiger partial charge in [-0.05, 0) is 94.9 Å². The van der Waals surface area contributed by atoms with Gasteiger partial charge in [0, 0.05) is 44.4 Å². The minimum atomic E-state index is -0.881. The van der Waals surface area contributed by atoms with Crippen LogP contribution in [-0.2, 0) is 20.8 Å². The molecule has 0 radical (unpaired) electrons. The summed E-state index contributed by atoms with van der Waals surface area (Å²) < 4.78 is 10.9. The topological polar surface area (TPSA) is 139 Å². The zero-order valence-electron chi connectivity index (χ0n) is 30.4. The highest BCUT2D eigenvalue weighted by atomic mass is 16.6. The Balaban J connectivity index is 1.35. The number of carbonyl (C=O) groups is 3. The number of aliphatic imine (C=N–C) groups is 2. The van der Waals surface area contributed by atoms with Gasteiger partial charge < -0.3 is 20.5 Å². The minimum absolute atomic E-state index is 0.0230. The van der Waals surface area contributed by atoms with Crippen molar-refractivity contribution in [1.29, 1.82) is 0 Å². The second kappa shape index (κ2) is 14.1. The number of carbonyl (C=O) groups excluding carboxylic acids is 3. The van der Waals surface area contributed by atoms with E-state index in [-0.39, 0.29) is 36.3 Å². The van der Waals surface area contributed by atoms with Crippen LogP contribution in [0.15, 0.2) is 52.4 Å². The van der Waals surface area contributed by atoms with Crippen LogP contribution in [0.3, 0.4) is 0 Å². The summed E-state index contributed by atoms with van der Waals surface area (Å²) in [6.45, 7) is 16.9. The van der Waals surface area contributed by atoms with E-state index in [1.54, 1.807) is 41.5 Å². The molecule has 4 aliphatic rings. The molecule has 1 saturated carbocycles. The average molecular weight is 675 g/mol. The van der Waals surface area contributed by atoms with Crippen LogP contribution in [0.4, 0.5) is 9.59 Å². The second-order valence-corrected chi connectivity index (χ2v) is 16.2. The summed E-state index contributed by atoms with van der Waals surface area (Å²) in [5, 5.41) is 5.58.